The molecule has 7 rings (SSSR count). The molecule has 0 aliphatic carbocycles. The van der Waals surface area contributed by atoms with Gasteiger partial charge >= 0.3 is 0 Å². The van der Waals surface area contributed by atoms with Gasteiger partial charge in [0.2, 0.25) is 20.2 Å². The monoisotopic (exact) mass is 698 g/mol. The summed E-state index contributed by atoms with van der Waals surface area (Å²) in [5.74, 6) is -1.04. The zero-order valence-electron chi connectivity index (χ0n) is 29.0. The van der Waals surface area contributed by atoms with E-state index < -0.39 is 31.6 Å². The molecule has 0 radical (unpaired) electrons. The van der Waals surface area contributed by atoms with Gasteiger partial charge in [-0.15, -0.1) is 0 Å². The summed E-state index contributed by atoms with van der Waals surface area (Å²) in [6.45, 7) is 7.24. The SMILES string of the molecule is C[C@@H]1[C@@H]([Si](C)(C)F)[C@H](CC(=O)N2Cc3ccccc3C[C@H]2CO)O[C@@]12C(=O)N(Cc1ccc(NC(=O)C3CCCNC3)cc1)c1ccccc12. The number of piperidine rings is 1. The minimum Gasteiger partial charge on any atom is -0.394 e. The first-order valence-electron chi connectivity index (χ1n) is 17.9. The Morgan fingerprint density at radius 3 is 2.48 bits per heavy atom. The highest BCUT2D eigenvalue weighted by Crippen LogP contribution is 2.60. The molecule has 4 heterocycles. The van der Waals surface area contributed by atoms with Gasteiger partial charge in [-0.25, -0.2) is 0 Å². The topological polar surface area (TPSA) is 111 Å². The smallest absolute Gasteiger partial charge is 0.264 e. The van der Waals surface area contributed by atoms with Crippen molar-refractivity contribution in [3.63, 3.8) is 0 Å². The molecule has 0 bridgehead atoms. The predicted octanol–water partition coefficient (Wildman–Crippen LogP) is 5.28. The number of hydrogen-bond acceptors (Lipinski definition) is 6. The van der Waals surface area contributed by atoms with Gasteiger partial charge in [-0.2, -0.15) is 0 Å². The van der Waals surface area contributed by atoms with E-state index in [2.05, 4.69) is 10.6 Å². The third-order valence-electron chi connectivity index (χ3n) is 11.4. The summed E-state index contributed by atoms with van der Waals surface area (Å²) in [6.07, 6.45) is 1.51. The standard InChI is InChI=1S/C39H47FN4O5Si/c1-25-36(50(2,3)40)34(20-35(46)43-23-29-10-5-4-9-27(29)19-31(43)24-45)49-39(25)32-12-6-7-13-33(32)44(38(39)48)22-26-14-16-30(17-15-26)42-37(47)28-11-8-18-41-21-28/h4-7,9-10,12-17,25,28,31,34,36,41,45H,8,11,18-24H2,1-3H3,(H,42,47)/t25-,28?,31+,34+,36-,39+/m1/s1. The molecule has 3 N–H and O–H groups in total. The van der Waals surface area contributed by atoms with Gasteiger partial charge in [-0.1, -0.05) is 61.5 Å². The number of ether oxygens (including phenoxy) is 1. The molecule has 0 aromatic heterocycles. The van der Waals surface area contributed by atoms with Crippen LogP contribution >= 0.6 is 0 Å². The Bertz CT molecular complexity index is 1760. The minimum absolute atomic E-state index is 0.00169. The summed E-state index contributed by atoms with van der Waals surface area (Å²) in [7, 11) is -3.48. The van der Waals surface area contributed by atoms with E-state index in [1.165, 1.54) is 0 Å². The summed E-state index contributed by atoms with van der Waals surface area (Å²) in [5.41, 5.74) is 3.08. The lowest BCUT2D eigenvalue weighted by atomic mass is 9.82. The van der Waals surface area contributed by atoms with Gasteiger partial charge in [0, 0.05) is 35.8 Å². The van der Waals surface area contributed by atoms with Crippen LogP contribution in [0.5, 0.6) is 0 Å². The number of rotatable bonds is 8. The van der Waals surface area contributed by atoms with E-state index in [0.717, 1.165) is 36.1 Å². The van der Waals surface area contributed by atoms with Crippen molar-refractivity contribution in [2.24, 2.45) is 11.8 Å². The lowest BCUT2D eigenvalue weighted by Crippen LogP contribution is -2.48. The van der Waals surface area contributed by atoms with Crippen LogP contribution in [0.15, 0.2) is 72.8 Å². The maximum Gasteiger partial charge on any atom is 0.264 e. The molecule has 3 aromatic carbocycles. The number of halogens is 1. The Balaban J connectivity index is 1.13. The number of para-hydroxylation sites is 1. The van der Waals surface area contributed by atoms with Crippen LogP contribution in [-0.4, -0.2) is 68.0 Å². The summed E-state index contributed by atoms with van der Waals surface area (Å²) >= 11 is 0. The first kappa shape index (κ1) is 34.5. The van der Waals surface area contributed by atoms with Gasteiger partial charge in [-0.05, 0) is 73.8 Å². The average Bonchev–Trinajstić information content (AvgIpc) is 3.54. The van der Waals surface area contributed by atoms with Crippen molar-refractivity contribution in [3.05, 3.63) is 95.1 Å². The fourth-order valence-electron chi connectivity index (χ4n) is 8.89. The average molecular weight is 699 g/mol. The van der Waals surface area contributed by atoms with Crippen LogP contribution in [0.1, 0.15) is 48.4 Å². The molecule has 264 valence electrons. The summed E-state index contributed by atoms with van der Waals surface area (Å²) in [6, 6.07) is 22.6. The summed E-state index contributed by atoms with van der Waals surface area (Å²) in [4.78, 5) is 44.9. The molecule has 3 amide bonds. The van der Waals surface area contributed by atoms with Crippen LogP contribution in [0.25, 0.3) is 0 Å². The Kier molecular flexibility index (Phi) is 9.44. The minimum atomic E-state index is -3.48. The third kappa shape index (κ3) is 6.18. The number of carbonyl (C=O) groups is 3. The second kappa shape index (κ2) is 13.7. The maximum atomic E-state index is 16.4. The molecular weight excluding hydrogens is 652 g/mol. The molecule has 11 heteroatoms. The summed E-state index contributed by atoms with van der Waals surface area (Å²) in [5, 5.41) is 16.5. The molecule has 0 saturated carbocycles. The second-order valence-corrected chi connectivity index (χ2v) is 18.7. The van der Waals surface area contributed by atoms with Crippen molar-refractivity contribution in [3.8, 4) is 0 Å². The number of carbonyl (C=O) groups excluding carboxylic acids is 3. The zero-order valence-corrected chi connectivity index (χ0v) is 30.0. The van der Waals surface area contributed by atoms with Crippen LogP contribution in [0.3, 0.4) is 0 Å². The van der Waals surface area contributed by atoms with E-state index in [-0.39, 0.29) is 49.3 Å². The van der Waals surface area contributed by atoms with Crippen LogP contribution in [0.4, 0.5) is 15.5 Å². The van der Waals surface area contributed by atoms with Crippen molar-refractivity contribution in [1.82, 2.24) is 10.2 Å². The number of fused-ring (bicyclic) bond motifs is 3. The highest BCUT2D eigenvalue weighted by molar-refractivity contribution is 6.72. The van der Waals surface area contributed by atoms with Crippen LogP contribution in [-0.2, 0) is 44.2 Å². The van der Waals surface area contributed by atoms with Gasteiger partial charge < -0.3 is 34.4 Å². The van der Waals surface area contributed by atoms with Gasteiger partial charge in [-0.3, -0.25) is 14.4 Å². The van der Waals surface area contributed by atoms with E-state index in [4.69, 9.17) is 4.74 Å². The van der Waals surface area contributed by atoms with Crippen molar-refractivity contribution in [2.45, 2.75) is 82.1 Å². The molecule has 4 aliphatic heterocycles. The molecule has 3 aromatic rings. The molecule has 9 nitrogen and oxygen atoms in total. The number of amides is 3. The fraction of sp³-hybridized carbons (Fsp3) is 0.462. The van der Waals surface area contributed by atoms with Gasteiger partial charge in [0.05, 0.1) is 43.3 Å². The van der Waals surface area contributed by atoms with Crippen molar-refractivity contribution in [1.29, 1.82) is 0 Å². The predicted molar refractivity (Wildman–Crippen MR) is 193 cm³/mol. The lowest BCUT2D eigenvalue weighted by Gasteiger charge is -2.37. The zero-order chi connectivity index (χ0) is 35.2. The van der Waals surface area contributed by atoms with Crippen LogP contribution < -0.4 is 15.5 Å². The molecule has 6 atom stereocenters. The van der Waals surface area contributed by atoms with E-state index in [9.17, 15) is 19.5 Å². The van der Waals surface area contributed by atoms with Gasteiger partial charge in [0.1, 0.15) is 0 Å². The number of benzene rings is 3. The normalized spacial score (nSPS) is 27.7. The third-order valence-corrected chi connectivity index (χ3v) is 13.8. The first-order chi connectivity index (χ1) is 24.0. The van der Waals surface area contributed by atoms with Crippen LogP contribution in [0.2, 0.25) is 18.6 Å². The molecule has 50 heavy (non-hydrogen) atoms. The first-order valence-corrected chi connectivity index (χ1v) is 20.8. The number of nitrogens with one attached hydrogen (secondary N) is 2. The Hall–Kier alpha value is -3.90. The van der Waals surface area contributed by atoms with E-state index in [0.29, 0.717) is 36.4 Å². The number of aliphatic hydroxyl groups is 1. The molecule has 1 spiro atoms. The van der Waals surface area contributed by atoms with Gasteiger partial charge in [0.15, 0.2) is 5.60 Å². The quantitative estimate of drug-likeness (QED) is 0.218. The number of anilines is 2. The molecule has 4 aliphatic rings. The Morgan fingerprint density at radius 1 is 1.06 bits per heavy atom. The van der Waals surface area contributed by atoms with Gasteiger partial charge in [0.25, 0.3) is 5.91 Å². The van der Waals surface area contributed by atoms with Crippen LogP contribution in [0, 0.1) is 11.8 Å². The van der Waals surface area contributed by atoms with E-state index in [1.807, 2.05) is 79.7 Å². The molecular formula is C39H47FN4O5Si. The highest BCUT2D eigenvalue weighted by atomic mass is 28.4. The molecule has 2 saturated heterocycles. The van der Waals surface area contributed by atoms with Crippen molar-refractivity contribution >= 4 is 37.5 Å². The maximum absolute atomic E-state index is 16.4. The Morgan fingerprint density at radius 2 is 1.78 bits per heavy atom. The second-order valence-electron chi connectivity index (χ2n) is 14.9. The van der Waals surface area contributed by atoms with Crippen molar-refractivity contribution < 1.29 is 28.3 Å². The summed E-state index contributed by atoms with van der Waals surface area (Å²) < 4.78 is 23.2. The fourth-order valence-corrected chi connectivity index (χ4v) is 11.4. The number of nitrogens with zero attached hydrogens (tertiary/aromatic N) is 2. The largest absolute Gasteiger partial charge is 0.394 e. The Labute approximate surface area is 294 Å². The van der Waals surface area contributed by atoms with Crippen molar-refractivity contribution in [2.75, 3.05) is 29.9 Å². The number of aliphatic hydroxyl groups excluding tert-OH is 1. The number of hydrogen-bond donors (Lipinski definition) is 3. The molecule has 1 unspecified atom stereocenters. The van der Waals surface area contributed by atoms with E-state index >= 15 is 4.11 Å². The molecule has 2 fully saturated rings. The highest BCUT2D eigenvalue weighted by Gasteiger charge is 2.67. The van der Waals surface area contributed by atoms with E-state index in [1.54, 1.807) is 22.9 Å². The lowest BCUT2D eigenvalue weighted by molar-refractivity contribution is -0.151.